The number of rotatable bonds is 4. The number of benzene rings is 2. The van der Waals surface area contributed by atoms with Crippen molar-refractivity contribution in [2.24, 2.45) is 0 Å². The average Bonchev–Trinajstić information content (AvgIpc) is 2.47. The van der Waals surface area contributed by atoms with Gasteiger partial charge in [0.15, 0.2) is 0 Å². The molecular formula is C16H18ClNO4S. The van der Waals surface area contributed by atoms with Crippen LogP contribution >= 0.6 is 11.6 Å². The Kier molecular flexibility index (Phi) is 7.22. The lowest BCUT2D eigenvalue weighted by atomic mass is 10.1. The minimum absolute atomic E-state index is 0.208. The Morgan fingerprint density at radius 3 is 2.04 bits per heavy atom. The zero-order valence-electron chi connectivity index (χ0n) is 12.7. The molecule has 0 fully saturated rings. The van der Waals surface area contributed by atoms with Crippen molar-refractivity contribution in [2.75, 3.05) is 0 Å². The van der Waals surface area contributed by atoms with E-state index in [1.807, 2.05) is 37.3 Å². The molecule has 0 aliphatic rings. The molecule has 1 unspecified atom stereocenters. The van der Waals surface area contributed by atoms with Crippen LogP contribution in [0.1, 0.15) is 25.5 Å². The minimum atomic E-state index is -3.53. The summed E-state index contributed by atoms with van der Waals surface area (Å²) in [7, 11) is -3.53. The fourth-order valence-corrected chi connectivity index (χ4v) is 3.08. The van der Waals surface area contributed by atoms with Crippen LogP contribution in [-0.2, 0) is 14.8 Å². The number of hydrogen-bond donors (Lipinski definition) is 2. The second kappa shape index (κ2) is 8.67. The molecule has 2 aromatic carbocycles. The molecule has 0 aliphatic heterocycles. The molecule has 0 bridgehead atoms. The van der Waals surface area contributed by atoms with Crippen LogP contribution in [0.15, 0.2) is 59.5 Å². The van der Waals surface area contributed by atoms with Gasteiger partial charge in [-0.3, -0.25) is 4.79 Å². The van der Waals surface area contributed by atoms with Gasteiger partial charge in [-0.05, 0) is 36.8 Å². The lowest BCUT2D eigenvalue weighted by Gasteiger charge is -2.14. The van der Waals surface area contributed by atoms with Gasteiger partial charge in [-0.1, -0.05) is 41.9 Å². The van der Waals surface area contributed by atoms with Gasteiger partial charge >= 0.3 is 0 Å². The van der Waals surface area contributed by atoms with E-state index < -0.39 is 16.0 Å². The Hall–Kier alpha value is -1.89. The summed E-state index contributed by atoms with van der Waals surface area (Å²) in [6.45, 7) is 2.89. The van der Waals surface area contributed by atoms with Gasteiger partial charge < -0.3 is 5.11 Å². The number of carboxylic acids is 1. The van der Waals surface area contributed by atoms with Crippen LogP contribution in [0, 0.1) is 0 Å². The number of sulfonamides is 1. The molecule has 0 radical (unpaired) electrons. The molecule has 2 rings (SSSR count). The van der Waals surface area contributed by atoms with Crippen LogP contribution in [0.5, 0.6) is 0 Å². The van der Waals surface area contributed by atoms with Crippen LogP contribution in [-0.4, -0.2) is 19.5 Å². The fraction of sp³-hybridized carbons (Fsp3) is 0.188. The monoisotopic (exact) mass is 355 g/mol. The second-order valence-corrected chi connectivity index (χ2v) is 6.88. The number of aliphatic carboxylic acids is 1. The molecule has 2 N–H and O–H groups in total. The topological polar surface area (TPSA) is 83.5 Å². The van der Waals surface area contributed by atoms with Gasteiger partial charge in [-0.25, -0.2) is 13.1 Å². The predicted octanol–water partition coefficient (Wildman–Crippen LogP) is 3.47. The summed E-state index contributed by atoms with van der Waals surface area (Å²) >= 11 is 5.75. The molecule has 0 saturated carbocycles. The molecule has 124 valence electrons. The first-order valence-corrected chi connectivity index (χ1v) is 8.61. The molecule has 2 aromatic rings. The van der Waals surface area contributed by atoms with E-state index in [-0.39, 0.29) is 10.9 Å². The van der Waals surface area contributed by atoms with E-state index in [1.54, 1.807) is 12.1 Å². The normalized spacial score (nSPS) is 12.0. The number of carboxylic acid groups (broad SMARTS) is 1. The van der Waals surface area contributed by atoms with Gasteiger partial charge in [-0.15, -0.1) is 0 Å². The van der Waals surface area contributed by atoms with Crippen molar-refractivity contribution in [2.45, 2.75) is 24.8 Å². The maximum atomic E-state index is 12.2. The van der Waals surface area contributed by atoms with E-state index in [4.69, 9.17) is 21.5 Å². The molecule has 7 heteroatoms. The van der Waals surface area contributed by atoms with Crippen molar-refractivity contribution in [1.29, 1.82) is 0 Å². The zero-order chi connectivity index (χ0) is 17.5. The van der Waals surface area contributed by atoms with Crippen molar-refractivity contribution in [3.63, 3.8) is 0 Å². The summed E-state index contributed by atoms with van der Waals surface area (Å²) in [5.41, 5.74) is 0.917. The maximum Gasteiger partial charge on any atom is 0.300 e. The number of halogens is 1. The van der Waals surface area contributed by atoms with Gasteiger partial charge in [-0.2, -0.15) is 0 Å². The first-order chi connectivity index (χ1) is 10.7. The van der Waals surface area contributed by atoms with Gasteiger partial charge in [0.2, 0.25) is 10.0 Å². The van der Waals surface area contributed by atoms with Gasteiger partial charge in [0.1, 0.15) is 0 Å². The quantitative estimate of drug-likeness (QED) is 0.879. The highest BCUT2D eigenvalue weighted by atomic mass is 35.5. The van der Waals surface area contributed by atoms with E-state index in [9.17, 15) is 8.42 Å². The van der Waals surface area contributed by atoms with E-state index in [0.717, 1.165) is 12.5 Å². The van der Waals surface area contributed by atoms with Crippen molar-refractivity contribution in [1.82, 2.24) is 4.72 Å². The average molecular weight is 356 g/mol. The van der Waals surface area contributed by atoms with Crippen LogP contribution in [0.2, 0.25) is 5.02 Å². The van der Waals surface area contributed by atoms with Crippen molar-refractivity contribution in [3.05, 3.63) is 65.2 Å². The molecule has 0 saturated heterocycles. The Labute approximate surface area is 141 Å². The maximum absolute atomic E-state index is 12.2. The Balaban J connectivity index is 0.000000593. The molecule has 0 amide bonds. The molecule has 5 nitrogen and oxygen atoms in total. The van der Waals surface area contributed by atoms with Crippen LogP contribution < -0.4 is 4.72 Å². The van der Waals surface area contributed by atoms with Crippen LogP contribution in [0.4, 0.5) is 0 Å². The van der Waals surface area contributed by atoms with E-state index in [0.29, 0.717) is 5.02 Å². The standard InChI is InChI=1S/C14H14ClNO2S.C2H4O2/c1-11(12-5-3-2-4-6-12)16-19(17,18)14-9-7-13(15)8-10-14;1-2(3)4/h2-11,16H,1H3;1H3,(H,3,4). The van der Waals surface area contributed by atoms with E-state index in [1.165, 1.54) is 12.1 Å². The summed E-state index contributed by atoms with van der Waals surface area (Å²) in [4.78, 5) is 9.21. The Morgan fingerprint density at radius 2 is 1.57 bits per heavy atom. The highest BCUT2D eigenvalue weighted by molar-refractivity contribution is 7.89. The van der Waals surface area contributed by atoms with Gasteiger partial charge in [0.25, 0.3) is 5.97 Å². The third-order valence-electron chi connectivity index (χ3n) is 2.76. The Morgan fingerprint density at radius 1 is 1.09 bits per heavy atom. The highest BCUT2D eigenvalue weighted by Gasteiger charge is 2.17. The second-order valence-electron chi connectivity index (χ2n) is 4.73. The Bertz CT molecular complexity index is 726. The summed E-state index contributed by atoms with van der Waals surface area (Å²) in [5.74, 6) is -0.833. The minimum Gasteiger partial charge on any atom is -0.481 e. The van der Waals surface area contributed by atoms with Crippen molar-refractivity contribution >= 4 is 27.6 Å². The van der Waals surface area contributed by atoms with Gasteiger partial charge in [0.05, 0.1) is 4.90 Å². The first kappa shape index (κ1) is 19.2. The van der Waals surface area contributed by atoms with Crippen LogP contribution in [0.25, 0.3) is 0 Å². The third kappa shape index (κ3) is 6.81. The lowest BCUT2D eigenvalue weighted by Crippen LogP contribution is -2.26. The molecule has 0 aliphatic carbocycles. The molecule has 0 heterocycles. The molecule has 0 aromatic heterocycles. The largest absolute Gasteiger partial charge is 0.481 e. The molecule has 1 atom stereocenters. The van der Waals surface area contributed by atoms with Gasteiger partial charge in [0, 0.05) is 18.0 Å². The van der Waals surface area contributed by atoms with Crippen molar-refractivity contribution in [3.8, 4) is 0 Å². The smallest absolute Gasteiger partial charge is 0.300 e. The van der Waals surface area contributed by atoms with Crippen molar-refractivity contribution < 1.29 is 18.3 Å². The number of nitrogens with one attached hydrogen (secondary N) is 1. The summed E-state index contributed by atoms with van der Waals surface area (Å²) < 4.78 is 27.0. The highest BCUT2D eigenvalue weighted by Crippen LogP contribution is 2.18. The molecular weight excluding hydrogens is 338 g/mol. The van der Waals surface area contributed by atoms with E-state index >= 15 is 0 Å². The lowest BCUT2D eigenvalue weighted by molar-refractivity contribution is -0.134. The summed E-state index contributed by atoms with van der Waals surface area (Å²) in [6, 6.07) is 15.2. The molecule has 0 spiro atoms. The zero-order valence-corrected chi connectivity index (χ0v) is 14.3. The predicted molar refractivity (Wildman–Crippen MR) is 89.9 cm³/mol. The number of hydrogen-bond acceptors (Lipinski definition) is 3. The van der Waals surface area contributed by atoms with Crippen LogP contribution in [0.3, 0.4) is 0 Å². The first-order valence-electron chi connectivity index (χ1n) is 6.75. The summed E-state index contributed by atoms with van der Waals surface area (Å²) in [5, 5.41) is 7.93. The summed E-state index contributed by atoms with van der Waals surface area (Å²) in [6.07, 6.45) is 0. The SMILES string of the molecule is CC(=O)O.CC(NS(=O)(=O)c1ccc(Cl)cc1)c1ccccc1. The third-order valence-corrected chi connectivity index (χ3v) is 4.56. The fourth-order valence-electron chi connectivity index (χ4n) is 1.72. The number of carbonyl (C=O) groups is 1. The molecule has 23 heavy (non-hydrogen) atoms. The van der Waals surface area contributed by atoms with E-state index in [2.05, 4.69) is 4.72 Å².